The number of rotatable bonds is 6. The number of carbonyl (C=O) groups excluding carboxylic acids is 2. The van der Waals surface area contributed by atoms with E-state index in [0.29, 0.717) is 12.5 Å². The zero-order chi connectivity index (χ0) is 18.4. The second kappa shape index (κ2) is 9.09. The Balaban J connectivity index is 1.53. The molecule has 142 valence electrons. The van der Waals surface area contributed by atoms with Crippen molar-refractivity contribution in [1.82, 2.24) is 20.5 Å². The smallest absolute Gasteiger partial charge is 0.251 e. The minimum Gasteiger partial charge on any atom is -0.356 e. The van der Waals surface area contributed by atoms with Gasteiger partial charge in [0, 0.05) is 18.9 Å². The van der Waals surface area contributed by atoms with Crippen LogP contribution in [0.15, 0.2) is 24.5 Å². The second-order valence-electron chi connectivity index (χ2n) is 7.09. The molecule has 0 saturated carbocycles. The molecule has 0 aromatic carbocycles. The molecule has 3 heterocycles. The molecule has 0 spiro atoms. The predicted octanol–water partition coefficient (Wildman–Crippen LogP) is 0.876. The Morgan fingerprint density at radius 1 is 1.42 bits per heavy atom. The van der Waals surface area contributed by atoms with Crippen molar-refractivity contribution in [1.29, 1.82) is 0 Å². The van der Waals surface area contributed by atoms with Gasteiger partial charge < -0.3 is 20.3 Å². The van der Waals surface area contributed by atoms with E-state index in [-0.39, 0.29) is 18.4 Å². The van der Waals surface area contributed by atoms with Gasteiger partial charge in [-0.05, 0) is 56.4 Å². The summed E-state index contributed by atoms with van der Waals surface area (Å²) in [6.45, 7) is 6.12. The average Bonchev–Trinajstić information content (AvgIpc) is 2.68. The fourth-order valence-corrected chi connectivity index (χ4v) is 3.67. The van der Waals surface area contributed by atoms with Gasteiger partial charge in [-0.2, -0.15) is 0 Å². The Labute approximate surface area is 154 Å². The van der Waals surface area contributed by atoms with E-state index in [9.17, 15) is 9.59 Å². The minimum atomic E-state index is -0.725. The highest BCUT2D eigenvalue weighted by Gasteiger charge is 2.36. The Morgan fingerprint density at radius 2 is 2.23 bits per heavy atom. The van der Waals surface area contributed by atoms with Crippen molar-refractivity contribution in [2.24, 2.45) is 5.92 Å². The molecule has 2 amide bonds. The van der Waals surface area contributed by atoms with Crippen LogP contribution in [0.3, 0.4) is 0 Å². The Bertz CT molecular complexity index is 602. The lowest BCUT2D eigenvalue weighted by Crippen LogP contribution is -2.53. The van der Waals surface area contributed by atoms with Crippen molar-refractivity contribution in [3.8, 4) is 0 Å². The summed E-state index contributed by atoms with van der Waals surface area (Å²) in [5.74, 6) is 0.114. The van der Waals surface area contributed by atoms with Gasteiger partial charge in [0.1, 0.15) is 6.61 Å². The highest BCUT2D eigenvalue weighted by Crippen LogP contribution is 2.22. The van der Waals surface area contributed by atoms with Gasteiger partial charge in [-0.1, -0.05) is 13.0 Å². The Kier molecular flexibility index (Phi) is 6.57. The maximum absolute atomic E-state index is 12.7. The van der Waals surface area contributed by atoms with Gasteiger partial charge in [0.15, 0.2) is 6.10 Å². The van der Waals surface area contributed by atoms with Gasteiger partial charge in [-0.15, -0.1) is 0 Å². The molecule has 1 aromatic rings. The zero-order valence-corrected chi connectivity index (χ0v) is 15.3. The van der Waals surface area contributed by atoms with Crippen molar-refractivity contribution >= 4 is 11.8 Å². The van der Waals surface area contributed by atoms with Crippen LogP contribution in [0.25, 0.3) is 0 Å². The summed E-state index contributed by atoms with van der Waals surface area (Å²) in [7, 11) is 0. The number of aromatic nitrogens is 1. The SMILES string of the molecule is CCCN1CCC(CNC(=O)[C@H]2OCC(=O)N[C@@H]2c2cccnc2)CC1. The van der Waals surface area contributed by atoms with E-state index < -0.39 is 12.1 Å². The van der Waals surface area contributed by atoms with Crippen LogP contribution in [-0.4, -0.2) is 60.6 Å². The topological polar surface area (TPSA) is 83.6 Å². The number of likely N-dealkylation sites (tertiary alicyclic amines) is 1. The lowest BCUT2D eigenvalue weighted by atomic mass is 9.96. The molecule has 0 aliphatic carbocycles. The van der Waals surface area contributed by atoms with E-state index in [2.05, 4.69) is 27.4 Å². The Morgan fingerprint density at radius 3 is 2.92 bits per heavy atom. The van der Waals surface area contributed by atoms with Gasteiger partial charge >= 0.3 is 0 Å². The summed E-state index contributed by atoms with van der Waals surface area (Å²) < 4.78 is 5.55. The highest BCUT2D eigenvalue weighted by atomic mass is 16.5. The number of amides is 2. The van der Waals surface area contributed by atoms with E-state index in [4.69, 9.17) is 4.74 Å². The molecule has 7 heteroatoms. The summed E-state index contributed by atoms with van der Waals surface area (Å²) in [6.07, 6.45) is 5.99. The van der Waals surface area contributed by atoms with Gasteiger partial charge in [0.2, 0.25) is 5.91 Å². The van der Waals surface area contributed by atoms with Crippen molar-refractivity contribution in [3.05, 3.63) is 30.1 Å². The molecule has 2 fully saturated rings. The number of morpholine rings is 1. The van der Waals surface area contributed by atoms with Gasteiger partial charge in [-0.25, -0.2) is 0 Å². The molecule has 2 saturated heterocycles. The number of hydrogen-bond acceptors (Lipinski definition) is 5. The number of piperidine rings is 1. The van der Waals surface area contributed by atoms with Crippen LogP contribution < -0.4 is 10.6 Å². The number of nitrogens with zero attached hydrogens (tertiary/aromatic N) is 2. The summed E-state index contributed by atoms with van der Waals surface area (Å²) in [6, 6.07) is 3.13. The van der Waals surface area contributed by atoms with Crippen LogP contribution in [0, 0.1) is 5.92 Å². The molecule has 2 aliphatic rings. The third-order valence-corrected chi connectivity index (χ3v) is 5.13. The monoisotopic (exact) mass is 360 g/mol. The largest absolute Gasteiger partial charge is 0.356 e. The quantitative estimate of drug-likeness (QED) is 0.787. The number of pyridine rings is 1. The second-order valence-corrected chi connectivity index (χ2v) is 7.09. The van der Waals surface area contributed by atoms with Crippen LogP contribution in [0.1, 0.15) is 37.8 Å². The first kappa shape index (κ1) is 18.8. The molecule has 26 heavy (non-hydrogen) atoms. The number of hydrogen-bond donors (Lipinski definition) is 2. The number of nitrogens with one attached hydrogen (secondary N) is 2. The van der Waals surface area contributed by atoms with Crippen molar-refractivity contribution in [2.75, 3.05) is 32.8 Å². The predicted molar refractivity (Wildman–Crippen MR) is 97.3 cm³/mol. The molecular formula is C19H28N4O3. The lowest BCUT2D eigenvalue weighted by molar-refractivity contribution is -0.148. The maximum Gasteiger partial charge on any atom is 0.251 e. The summed E-state index contributed by atoms with van der Waals surface area (Å²) in [5, 5.41) is 5.88. The molecular weight excluding hydrogens is 332 g/mol. The lowest BCUT2D eigenvalue weighted by Gasteiger charge is -2.33. The first-order valence-corrected chi connectivity index (χ1v) is 9.48. The van der Waals surface area contributed by atoms with E-state index >= 15 is 0 Å². The molecule has 7 nitrogen and oxygen atoms in total. The van der Waals surface area contributed by atoms with Gasteiger partial charge in [-0.3, -0.25) is 14.6 Å². The number of ether oxygens (including phenoxy) is 1. The molecule has 0 bridgehead atoms. The fourth-order valence-electron chi connectivity index (χ4n) is 3.67. The van der Waals surface area contributed by atoms with Gasteiger partial charge in [0.05, 0.1) is 6.04 Å². The van der Waals surface area contributed by atoms with E-state index in [1.165, 1.54) is 6.42 Å². The summed E-state index contributed by atoms with van der Waals surface area (Å²) >= 11 is 0. The highest BCUT2D eigenvalue weighted by molar-refractivity contribution is 5.86. The van der Waals surface area contributed by atoms with Crippen LogP contribution in [0.5, 0.6) is 0 Å². The standard InChI is InChI=1S/C19H28N4O3/c1-2-8-23-9-5-14(6-10-23)11-21-19(25)18-17(22-16(24)13-26-18)15-4-3-7-20-12-15/h3-4,7,12,14,17-18H,2,5-6,8-11,13H2,1H3,(H,21,25)(H,22,24)/t17-,18+/m1/s1. The third kappa shape index (κ3) is 4.80. The van der Waals surface area contributed by atoms with Crippen molar-refractivity contribution in [2.45, 2.75) is 38.3 Å². The zero-order valence-electron chi connectivity index (χ0n) is 15.3. The first-order chi connectivity index (χ1) is 12.7. The minimum absolute atomic E-state index is 0.0930. The van der Waals surface area contributed by atoms with Crippen LogP contribution in [-0.2, 0) is 14.3 Å². The number of carbonyl (C=O) groups is 2. The molecule has 0 radical (unpaired) electrons. The van der Waals surface area contributed by atoms with Crippen molar-refractivity contribution < 1.29 is 14.3 Å². The average molecular weight is 360 g/mol. The molecule has 1 aromatic heterocycles. The third-order valence-electron chi connectivity index (χ3n) is 5.13. The van der Waals surface area contributed by atoms with E-state index in [0.717, 1.165) is 38.0 Å². The van der Waals surface area contributed by atoms with Crippen LogP contribution in [0.4, 0.5) is 0 Å². The summed E-state index contributed by atoms with van der Waals surface area (Å²) in [4.78, 5) is 31.0. The first-order valence-electron chi connectivity index (χ1n) is 9.48. The van der Waals surface area contributed by atoms with Gasteiger partial charge in [0.25, 0.3) is 5.91 Å². The van der Waals surface area contributed by atoms with E-state index in [1.54, 1.807) is 18.5 Å². The normalized spacial score (nSPS) is 24.9. The van der Waals surface area contributed by atoms with E-state index in [1.807, 2.05) is 6.07 Å². The molecule has 2 atom stereocenters. The van der Waals surface area contributed by atoms with Crippen molar-refractivity contribution in [3.63, 3.8) is 0 Å². The molecule has 2 aliphatic heterocycles. The fraction of sp³-hybridized carbons (Fsp3) is 0.632. The summed E-state index contributed by atoms with van der Waals surface area (Å²) in [5.41, 5.74) is 0.772. The Hall–Kier alpha value is -1.99. The van der Waals surface area contributed by atoms with Crippen LogP contribution in [0.2, 0.25) is 0 Å². The maximum atomic E-state index is 12.7. The molecule has 3 rings (SSSR count). The van der Waals surface area contributed by atoms with Crippen LogP contribution >= 0.6 is 0 Å². The molecule has 0 unspecified atom stereocenters. The molecule has 2 N–H and O–H groups in total.